The van der Waals surface area contributed by atoms with E-state index < -0.39 is 0 Å². The molecule has 2 rings (SSSR count). The maximum absolute atomic E-state index is 11.8. The number of thioether (sulfide) groups is 2. The number of imide groups is 1. The van der Waals surface area contributed by atoms with Crippen LogP contribution in [0.15, 0.2) is 9.81 Å². The number of carbonyl (C=O) groups is 3. The average molecular weight is 257 g/mol. The predicted octanol–water partition coefficient (Wildman–Crippen LogP) is 1.37. The molecular weight excluding hydrogens is 246 g/mol. The Balaban J connectivity index is 1.96. The molecule has 0 aromatic rings. The number of amides is 2. The van der Waals surface area contributed by atoms with Crippen LogP contribution in [0.3, 0.4) is 0 Å². The highest BCUT2D eigenvalue weighted by Crippen LogP contribution is 2.44. The van der Waals surface area contributed by atoms with Crippen LogP contribution >= 0.6 is 23.5 Å². The summed E-state index contributed by atoms with van der Waals surface area (Å²) in [5, 5.41) is 0.753. The zero-order valence-corrected chi connectivity index (χ0v) is 10.4. The largest absolute Gasteiger partial charge is 0.300 e. The number of Topliss-reactive ketones (excluding diaryl/α,β-unsaturated/α-hetero) is 1. The van der Waals surface area contributed by atoms with Gasteiger partial charge in [0.15, 0.2) is 0 Å². The molecule has 6 heteroatoms. The molecule has 0 atom stereocenters. The SMILES string of the molecule is CC(=O)CCCN1C(=O)C2=C(SCS2)C1=O. The van der Waals surface area contributed by atoms with Gasteiger partial charge in [-0.2, -0.15) is 0 Å². The first-order valence-electron chi connectivity index (χ1n) is 4.96. The molecule has 86 valence electrons. The van der Waals surface area contributed by atoms with Crippen molar-refractivity contribution in [2.75, 3.05) is 11.6 Å². The monoisotopic (exact) mass is 257 g/mol. The number of ketones is 1. The topological polar surface area (TPSA) is 54.5 Å². The first kappa shape index (κ1) is 11.7. The average Bonchev–Trinajstić information content (AvgIpc) is 2.77. The molecule has 0 saturated heterocycles. The highest BCUT2D eigenvalue weighted by molar-refractivity contribution is 8.23. The molecule has 2 amide bonds. The molecule has 16 heavy (non-hydrogen) atoms. The minimum Gasteiger partial charge on any atom is -0.300 e. The molecule has 0 bridgehead atoms. The Morgan fingerprint density at radius 3 is 2.31 bits per heavy atom. The quantitative estimate of drug-likeness (QED) is 0.712. The molecule has 2 heterocycles. The van der Waals surface area contributed by atoms with Gasteiger partial charge in [0, 0.05) is 18.1 Å². The number of carbonyl (C=O) groups excluding carboxylic acids is 3. The minimum absolute atomic E-state index is 0.0864. The van der Waals surface area contributed by atoms with Gasteiger partial charge in [-0.25, -0.2) is 0 Å². The summed E-state index contributed by atoms with van der Waals surface area (Å²) in [5.41, 5.74) is 0. The lowest BCUT2D eigenvalue weighted by molar-refractivity contribution is -0.137. The standard InChI is InChI=1S/C10H11NO3S2/c1-6(12)3-2-4-11-9(13)7-8(10(11)14)16-5-15-7/h2-5H2,1H3. The molecule has 0 unspecified atom stereocenters. The fraction of sp³-hybridized carbons (Fsp3) is 0.500. The number of nitrogens with zero attached hydrogens (tertiary/aromatic N) is 1. The normalized spacial score (nSPS) is 19.7. The molecule has 2 aliphatic heterocycles. The van der Waals surface area contributed by atoms with Gasteiger partial charge in [-0.05, 0) is 13.3 Å². The van der Waals surface area contributed by atoms with Crippen LogP contribution in [0.2, 0.25) is 0 Å². The van der Waals surface area contributed by atoms with Crippen LogP contribution in [0, 0.1) is 0 Å². The van der Waals surface area contributed by atoms with E-state index in [2.05, 4.69) is 0 Å². The van der Waals surface area contributed by atoms with Crippen molar-refractivity contribution in [1.82, 2.24) is 4.90 Å². The maximum Gasteiger partial charge on any atom is 0.268 e. The van der Waals surface area contributed by atoms with Gasteiger partial charge in [-0.15, -0.1) is 23.5 Å². The molecule has 0 radical (unpaired) electrons. The predicted molar refractivity (Wildman–Crippen MR) is 63.7 cm³/mol. The van der Waals surface area contributed by atoms with Gasteiger partial charge >= 0.3 is 0 Å². The summed E-state index contributed by atoms with van der Waals surface area (Å²) in [7, 11) is 0. The van der Waals surface area contributed by atoms with Crippen molar-refractivity contribution < 1.29 is 14.4 Å². The van der Waals surface area contributed by atoms with E-state index in [0.29, 0.717) is 29.2 Å². The van der Waals surface area contributed by atoms with Gasteiger partial charge < -0.3 is 4.79 Å². The van der Waals surface area contributed by atoms with E-state index in [4.69, 9.17) is 0 Å². The van der Waals surface area contributed by atoms with Crippen LogP contribution in [0.4, 0.5) is 0 Å². The number of rotatable bonds is 4. The summed E-state index contributed by atoms with van der Waals surface area (Å²) in [6.07, 6.45) is 0.977. The van der Waals surface area contributed by atoms with Crippen LogP contribution in [0.1, 0.15) is 19.8 Å². The maximum atomic E-state index is 11.8. The van der Waals surface area contributed by atoms with Crippen molar-refractivity contribution in [1.29, 1.82) is 0 Å². The van der Waals surface area contributed by atoms with E-state index in [-0.39, 0.29) is 17.6 Å². The molecule has 0 aliphatic carbocycles. The van der Waals surface area contributed by atoms with Gasteiger partial charge in [0.25, 0.3) is 11.8 Å². The molecule has 0 fully saturated rings. The van der Waals surface area contributed by atoms with Crippen molar-refractivity contribution in [3.63, 3.8) is 0 Å². The molecule has 4 nitrogen and oxygen atoms in total. The number of hydrogen-bond donors (Lipinski definition) is 0. The summed E-state index contributed by atoms with van der Waals surface area (Å²) in [4.78, 5) is 36.8. The Kier molecular flexibility index (Phi) is 3.39. The van der Waals surface area contributed by atoms with Gasteiger partial charge in [0.05, 0.1) is 9.81 Å². The Morgan fingerprint density at radius 2 is 1.81 bits per heavy atom. The van der Waals surface area contributed by atoms with Gasteiger partial charge in [-0.3, -0.25) is 14.5 Å². The molecule has 0 N–H and O–H groups in total. The van der Waals surface area contributed by atoms with E-state index in [9.17, 15) is 14.4 Å². The van der Waals surface area contributed by atoms with E-state index in [0.717, 1.165) is 5.08 Å². The minimum atomic E-state index is -0.182. The van der Waals surface area contributed by atoms with Crippen LogP contribution in [0.25, 0.3) is 0 Å². The summed E-state index contributed by atoms with van der Waals surface area (Å²) in [6.45, 7) is 1.86. The lowest BCUT2D eigenvalue weighted by atomic mass is 10.2. The van der Waals surface area contributed by atoms with Crippen molar-refractivity contribution in [2.45, 2.75) is 19.8 Å². The second kappa shape index (κ2) is 4.63. The van der Waals surface area contributed by atoms with Crippen LogP contribution in [-0.4, -0.2) is 34.1 Å². The summed E-state index contributed by atoms with van der Waals surface area (Å²) >= 11 is 2.86. The zero-order valence-electron chi connectivity index (χ0n) is 8.82. The van der Waals surface area contributed by atoms with Gasteiger partial charge in [0.2, 0.25) is 0 Å². The molecule has 0 saturated carbocycles. The third kappa shape index (κ3) is 2.04. The molecule has 0 spiro atoms. The fourth-order valence-corrected chi connectivity index (χ4v) is 4.06. The third-order valence-electron chi connectivity index (χ3n) is 2.40. The molecular formula is C10H11NO3S2. The highest BCUT2D eigenvalue weighted by Gasteiger charge is 2.41. The van der Waals surface area contributed by atoms with E-state index in [1.807, 2.05) is 0 Å². The van der Waals surface area contributed by atoms with Crippen LogP contribution in [-0.2, 0) is 14.4 Å². The number of hydrogen-bond acceptors (Lipinski definition) is 5. The lowest BCUT2D eigenvalue weighted by Gasteiger charge is -2.15. The zero-order chi connectivity index (χ0) is 11.7. The lowest BCUT2D eigenvalue weighted by Crippen LogP contribution is -2.33. The van der Waals surface area contributed by atoms with E-state index in [1.165, 1.54) is 35.3 Å². The van der Waals surface area contributed by atoms with Crippen molar-refractivity contribution >= 4 is 41.1 Å². The first-order chi connectivity index (χ1) is 7.61. The summed E-state index contributed by atoms with van der Waals surface area (Å²) in [6, 6.07) is 0. The van der Waals surface area contributed by atoms with Gasteiger partial charge in [-0.1, -0.05) is 0 Å². The fourth-order valence-electron chi connectivity index (χ4n) is 1.62. The van der Waals surface area contributed by atoms with Crippen molar-refractivity contribution in [3.8, 4) is 0 Å². The summed E-state index contributed by atoms with van der Waals surface area (Å²) < 4.78 is 0. The molecule has 0 aromatic carbocycles. The summed E-state index contributed by atoms with van der Waals surface area (Å²) in [5.74, 6) is -0.277. The Morgan fingerprint density at radius 1 is 1.25 bits per heavy atom. The van der Waals surface area contributed by atoms with E-state index in [1.54, 1.807) is 0 Å². The smallest absolute Gasteiger partial charge is 0.268 e. The second-order valence-electron chi connectivity index (χ2n) is 3.63. The van der Waals surface area contributed by atoms with Crippen LogP contribution in [0.5, 0.6) is 0 Å². The highest BCUT2D eigenvalue weighted by atomic mass is 32.2. The van der Waals surface area contributed by atoms with Crippen molar-refractivity contribution in [2.24, 2.45) is 0 Å². The Labute approximate surface area is 102 Å². The van der Waals surface area contributed by atoms with Crippen molar-refractivity contribution in [3.05, 3.63) is 9.81 Å². The third-order valence-corrected chi connectivity index (χ3v) is 4.81. The molecule has 2 aliphatic rings. The van der Waals surface area contributed by atoms with Gasteiger partial charge in [0.1, 0.15) is 5.78 Å². The Bertz CT molecular complexity index is 377. The van der Waals surface area contributed by atoms with E-state index >= 15 is 0 Å². The Hall–Kier alpha value is -0.750. The molecule has 0 aromatic heterocycles. The van der Waals surface area contributed by atoms with Crippen LogP contribution < -0.4 is 0 Å². The second-order valence-corrected chi connectivity index (χ2v) is 5.97. The first-order valence-corrected chi connectivity index (χ1v) is 6.94.